The molecule has 2 aromatic heterocycles. The van der Waals surface area contributed by atoms with Gasteiger partial charge in [-0.2, -0.15) is 4.98 Å². The molecule has 0 unspecified atom stereocenters. The molecule has 2 heterocycles. The van der Waals surface area contributed by atoms with Gasteiger partial charge in [0.25, 0.3) is 0 Å². The number of aryl methyl sites for hydroxylation is 1. The van der Waals surface area contributed by atoms with Crippen molar-refractivity contribution in [2.75, 3.05) is 5.32 Å². The van der Waals surface area contributed by atoms with Gasteiger partial charge >= 0.3 is 0 Å². The van der Waals surface area contributed by atoms with Crippen LogP contribution in [0.25, 0.3) is 22.0 Å². The highest BCUT2D eigenvalue weighted by Gasteiger charge is 2.11. The molecule has 1 amide bonds. The molecule has 8 heteroatoms. The maximum Gasteiger partial charge on any atom is 0.226 e. The first kappa shape index (κ1) is 18.0. The Morgan fingerprint density at radius 3 is 2.43 bits per heavy atom. The number of aromatic nitrogens is 4. The van der Waals surface area contributed by atoms with E-state index in [1.54, 1.807) is 0 Å². The second kappa shape index (κ2) is 8.53. The second-order valence-corrected chi connectivity index (χ2v) is 7.04. The summed E-state index contributed by atoms with van der Waals surface area (Å²) in [5.74, 6) is 0.967. The Bertz CT molecular complexity index is 1050. The minimum atomic E-state index is -0.112. The van der Waals surface area contributed by atoms with Crippen molar-refractivity contribution in [3.8, 4) is 22.0 Å². The van der Waals surface area contributed by atoms with Crippen LogP contribution in [0.2, 0.25) is 0 Å². The molecular weight excluding hydrogens is 374 g/mol. The van der Waals surface area contributed by atoms with E-state index < -0.39 is 0 Å². The molecule has 0 saturated carbocycles. The van der Waals surface area contributed by atoms with Crippen molar-refractivity contribution in [2.24, 2.45) is 0 Å². The third-order valence-corrected chi connectivity index (χ3v) is 4.87. The maximum absolute atomic E-state index is 12.1. The molecule has 28 heavy (non-hydrogen) atoms. The lowest BCUT2D eigenvalue weighted by Gasteiger charge is -1.99. The summed E-state index contributed by atoms with van der Waals surface area (Å²) in [6.07, 6.45) is 1.48. The van der Waals surface area contributed by atoms with Gasteiger partial charge in [0.2, 0.25) is 22.8 Å². The molecule has 0 radical (unpaired) electrons. The molecule has 4 rings (SSSR count). The summed E-state index contributed by atoms with van der Waals surface area (Å²) in [6.45, 7) is 0. The van der Waals surface area contributed by atoms with Gasteiger partial charge in [-0.25, -0.2) is 0 Å². The van der Waals surface area contributed by atoms with Crippen LogP contribution in [0, 0.1) is 0 Å². The largest absolute Gasteiger partial charge is 0.339 e. The summed E-state index contributed by atoms with van der Waals surface area (Å²) in [6, 6.07) is 19.4. The molecule has 1 N–H and O–H groups in total. The number of benzene rings is 2. The predicted octanol–water partition coefficient (Wildman–Crippen LogP) is 4.22. The second-order valence-electron chi connectivity index (χ2n) is 6.06. The van der Waals surface area contributed by atoms with Gasteiger partial charge in [0, 0.05) is 24.0 Å². The highest BCUT2D eigenvalue weighted by Crippen LogP contribution is 2.26. The first-order valence-corrected chi connectivity index (χ1v) is 9.66. The van der Waals surface area contributed by atoms with Gasteiger partial charge in [0.1, 0.15) is 5.01 Å². The summed E-state index contributed by atoms with van der Waals surface area (Å²) >= 11 is 1.35. The third-order valence-electron chi connectivity index (χ3n) is 3.99. The molecule has 0 atom stereocenters. The Labute approximate surface area is 165 Å². The zero-order valence-corrected chi connectivity index (χ0v) is 15.7. The van der Waals surface area contributed by atoms with E-state index in [9.17, 15) is 4.79 Å². The molecule has 0 saturated heterocycles. The zero-order chi connectivity index (χ0) is 19.2. The lowest BCUT2D eigenvalue weighted by molar-refractivity contribution is -0.116. The normalized spacial score (nSPS) is 10.7. The van der Waals surface area contributed by atoms with Crippen LogP contribution >= 0.6 is 11.3 Å². The van der Waals surface area contributed by atoms with Gasteiger partial charge in [0.15, 0.2) is 0 Å². The van der Waals surface area contributed by atoms with E-state index in [1.165, 1.54) is 11.3 Å². The van der Waals surface area contributed by atoms with Gasteiger partial charge in [-0.3, -0.25) is 4.79 Å². The Hall–Kier alpha value is -3.39. The van der Waals surface area contributed by atoms with Gasteiger partial charge < -0.3 is 9.84 Å². The summed E-state index contributed by atoms with van der Waals surface area (Å²) < 4.78 is 5.26. The van der Waals surface area contributed by atoms with E-state index in [2.05, 4.69) is 25.7 Å². The minimum absolute atomic E-state index is 0.112. The fourth-order valence-corrected chi connectivity index (χ4v) is 3.38. The van der Waals surface area contributed by atoms with Gasteiger partial charge in [0.05, 0.1) is 0 Å². The number of amides is 1. The van der Waals surface area contributed by atoms with E-state index in [-0.39, 0.29) is 5.91 Å². The van der Waals surface area contributed by atoms with Gasteiger partial charge in [-0.1, -0.05) is 77.2 Å². The first-order valence-electron chi connectivity index (χ1n) is 8.85. The van der Waals surface area contributed by atoms with Gasteiger partial charge in [-0.15, -0.1) is 10.2 Å². The number of anilines is 1. The molecule has 4 aromatic rings. The molecule has 0 spiro atoms. The molecule has 0 aliphatic rings. The van der Waals surface area contributed by atoms with Crippen LogP contribution in [0.4, 0.5) is 5.13 Å². The van der Waals surface area contributed by atoms with Crippen molar-refractivity contribution in [1.82, 2.24) is 20.3 Å². The van der Waals surface area contributed by atoms with Crippen LogP contribution in [0.1, 0.15) is 18.7 Å². The minimum Gasteiger partial charge on any atom is -0.339 e. The van der Waals surface area contributed by atoms with Crippen molar-refractivity contribution in [2.45, 2.75) is 19.3 Å². The number of hydrogen-bond donors (Lipinski definition) is 1. The number of hydrogen-bond acceptors (Lipinski definition) is 7. The molecule has 0 aliphatic carbocycles. The Morgan fingerprint density at radius 2 is 1.68 bits per heavy atom. The Kier molecular flexibility index (Phi) is 5.48. The fourth-order valence-electron chi connectivity index (χ4n) is 2.61. The number of nitrogens with one attached hydrogen (secondary N) is 1. The predicted molar refractivity (Wildman–Crippen MR) is 107 cm³/mol. The monoisotopic (exact) mass is 391 g/mol. The lowest BCUT2D eigenvalue weighted by Crippen LogP contribution is -2.11. The van der Waals surface area contributed by atoms with E-state index in [1.807, 2.05) is 60.7 Å². The van der Waals surface area contributed by atoms with E-state index in [0.29, 0.717) is 36.1 Å². The van der Waals surface area contributed by atoms with Crippen LogP contribution < -0.4 is 5.32 Å². The number of carbonyl (C=O) groups excluding carboxylic acids is 1. The van der Waals surface area contributed by atoms with Crippen molar-refractivity contribution >= 4 is 22.4 Å². The third kappa shape index (κ3) is 4.47. The van der Waals surface area contributed by atoms with Crippen molar-refractivity contribution < 1.29 is 9.32 Å². The van der Waals surface area contributed by atoms with E-state index in [4.69, 9.17) is 4.52 Å². The fraction of sp³-hybridized carbons (Fsp3) is 0.150. The van der Waals surface area contributed by atoms with Crippen LogP contribution in [-0.2, 0) is 11.2 Å². The molecule has 0 fully saturated rings. The average Bonchev–Trinajstić information content (AvgIpc) is 3.39. The summed E-state index contributed by atoms with van der Waals surface area (Å²) in [5, 5.41) is 16.2. The number of nitrogens with zero attached hydrogens (tertiary/aromatic N) is 4. The summed E-state index contributed by atoms with van der Waals surface area (Å²) in [5.41, 5.74) is 1.88. The Balaban J connectivity index is 1.26. The lowest BCUT2D eigenvalue weighted by atomic mass is 10.2. The molecular formula is C20H17N5O2S. The maximum atomic E-state index is 12.1. The average molecular weight is 391 g/mol. The van der Waals surface area contributed by atoms with Crippen LogP contribution in [0.15, 0.2) is 65.2 Å². The highest BCUT2D eigenvalue weighted by atomic mass is 32.1. The topological polar surface area (TPSA) is 93.8 Å². The van der Waals surface area contributed by atoms with Crippen molar-refractivity contribution in [3.63, 3.8) is 0 Å². The number of carbonyl (C=O) groups is 1. The quantitative estimate of drug-likeness (QED) is 0.507. The zero-order valence-electron chi connectivity index (χ0n) is 14.9. The number of rotatable bonds is 7. The summed E-state index contributed by atoms with van der Waals surface area (Å²) in [7, 11) is 0. The molecule has 2 aromatic carbocycles. The first-order chi connectivity index (χ1) is 13.8. The van der Waals surface area contributed by atoms with Gasteiger partial charge in [-0.05, 0) is 6.42 Å². The highest BCUT2D eigenvalue weighted by molar-refractivity contribution is 7.18. The van der Waals surface area contributed by atoms with Crippen molar-refractivity contribution in [3.05, 3.63) is 66.6 Å². The van der Waals surface area contributed by atoms with E-state index >= 15 is 0 Å². The molecule has 7 nitrogen and oxygen atoms in total. The molecule has 0 bridgehead atoms. The SMILES string of the molecule is O=C(CCCc1nc(-c2ccccc2)no1)Nc1nnc(-c2ccccc2)s1. The smallest absolute Gasteiger partial charge is 0.226 e. The van der Waals surface area contributed by atoms with E-state index in [0.717, 1.165) is 16.1 Å². The molecule has 0 aliphatic heterocycles. The standard InChI is InChI=1S/C20H17N5O2S/c26-16(21-20-24-23-19(28-20)15-10-5-2-6-11-15)12-7-13-17-22-18(25-27-17)14-8-3-1-4-9-14/h1-6,8-11H,7,12-13H2,(H,21,24,26). The van der Waals surface area contributed by atoms with Crippen LogP contribution in [-0.4, -0.2) is 26.2 Å². The summed E-state index contributed by atoms with van der Waals surface area (Å²) in [4.78, 5) is 16.5. The van der Waals surface area contributed by atoms with Crippen LogP contribution in [0.5, 0.6) is 0 Å². The van der Waals surface area contributed by atoms with Crippen molar-refractivity contribution in [1.29, 1.82) is 0 Å². The van der Waals surface area contributed by atoms with Crippen LogP contribution in [0.3, 0.4) is 0 Å². The Morgan fingerprint density at radius 1 is 0.964 bits per heavy atom. The molecule has 140 valence electrons.